The minimum absolute atomic E-state index is 0.0848. The molecular formula is C13H18BrN3O. The predicted octanol–water partition coefficient (Wildman–Crippen LogP) is 2.01. The van der Waals surface area contributed by atoms with Gasteiger partial charge in [0.05, 0.1) is 5.56 Å². The first-order valence-electron chi connectivity index (χ1n) is 6.23. The van der Waals surface area contributed by atoms with Gasteiger partial charge in [0.15, 0.2) is 0 Å². The maximum Gasteiger partial charge on any atom is 0.255 e. The molecule has 0 bridgehead atoms. The van der Waals surface area contributed by atoms with Gasteiger partial charge in [-0.05, 0) is 41.5 Å². The molecule has 1 atom stereocenters. The lowest BCUT2D eigenvalue weighted by Crippen LogP contribution is -2.52. The summed E-state index contributed by atoms with van der Waals surface area (Å²) in [6.45, 7) is 4.70. The predicted molar refractivity (Wildman–Crippen MR) is 74.5 cm³/mol. The van der Waals surface area contributed by atoms with Gasteiger partial charge in [-0.25, -0.2) is 4.98 Å². The van der Waals surface area contributed by atoms with Crippen molar-refractivity contribution in [2.75, 3.05) is 26.7 Å². The number of carbonyl (C=O) groups is 1. The number of hydrogen-bond donors (Lipinski definition) is 0. The van der Waals surface area contributed by atoms with Crippen LogP contribution >= 0.6 is 15.9 Å². The average Bonchev–Trinajstić information content (AvgIpc) is 2.39. The lowest BCUT2D eigenvalue weighted by atomic mass is 10.1. The zero-order valence-electron chi connectivity index (χ0n) is 10.8. The summed E-state index contributed by atoms with van der Waals surface area (Å²) in [5.74, 6) is 0.0848. The SMILES string of the molecule is CCC1CN(C(=O)c2ccc(Br)nc2)CCN1C. The number of carbonyl (C=O) groups excluding carboxylic acids is 1. The molecule has 1 aliphatic heterocycles. The summed E-state index contributed by atoms with van der Waals surface area (Å²) in [6.07, 6.45) is 2.70. The van der Waals surface area contributed by atoms with Crippen molar-refractivity contribution in [2.24, 2.45) is 0 Å². The van der Waals surface area contributed by atoms with Crippen LogP contribution in [0.15, 0.2) is 22.9 Å². The normalized spacial score (nSPS) is 21.1. The quantitative estimate of drug-likeness (QED) is 0.784. The van der Waals surface area contributed by atoms with Crippen molar-refractivity contribution < 1.29 is 4.79 Å². The molecule has 0 radical (unpaired) electrons. The van der Waals surface area contributed by atoms with Crippen LogP contribution in [0, 0.1) is 0 Å². The van der Waals surface area contributed by atoms with Crippen molar-refractivity contribution in [3.05, 3.63) is 28.5 Å². The lowest BCUT2D eigenvalue weighted by Gasteiger charge is -2.39. The molecular weight excluding hydrogens is 294 g/mol. The number of halogens is 1. The lowest BCUT2D eigenvalue weighted by molar-refractivity contribution is 0.0541. The highest BCUT2D eigenvalue weighted by molar-refractivity contribution is 9.10. The van der Waals surface area contributed by atoms with Crippen molar-refractivity contribution in [2.45, 2.75) is 19.4 Å². The van der Waals surface area contributed by atoms with Crippen LogP contribution < -0.4 is 0 Å². The molecule has 1 aliphatic rings. The molecule has 0 aromatic carbocycles. The van der Waals surface area contributed by atoms with Crippen LogP contribution in [0.25, 0.3) is 0 Å². The number of piperazine rings is 1. The molecule has 1 aromatic rings. The minimum atomic E-state index is 0.0848. The Morgan fingerprint density at radius 2 is 2.28 bits per heavy atom. The molecule has 0 spiro atoms. The summed E-state index contributed by atoms with van der Waals surface area (Å²) in [6, 6.07) is 4.09. The number of aromatic nitrogens is 1. The molecule has 0 saturated carbocycles. The van der Waals surface area contributed by atoms with Crippen LogP contribution in [0.5, 0.6) is 0 Å². The van der Waals surface area contributed by atoms with Gasteiger partial charge >= 0.3 is 0 Å². The molecule has 1 fully saturated rings. The van der Waals surface area contributed by atoms with Gasteiger partial charge < -0.3 is 4.90 Å². The minimum Gasteiger partial charge on any atom is -0.336 e. The molecule has 1 unspecified atom stereocenters. The number of amides is 1. The Hall–Kier alpha value is -0.940. The molecule has 4 nitrogen and oxygen atoms in total. The third kappa shape index (κ3) is 2.90. The number of rotatable bonds is 2. The second-order valence-corrected chi connectivity index (χ2v) is 5.48. The molecule has 5 heteroatoms. The average molecular weight is 312 g/mol. The van der Waals surface area contributed by atoms with E-state index in [4.69, 9.17) is 0 Å². The van der Waals surface area contributed by atoms with Crippen molar-refractivity contribution in [1.82, 2.24) is 14.8 Å². The van der Waals surface area contributed by atoms with Crippen molar-refractivity contribution in [1.29, 1.82) is 0 Å². The zero-order chi connectivity index (χ0) is 13.1. The molecule has 1 amide bonds. The molecule has 1 saturated heterocycles. The third-order valence-electron chi connectivity index (χ3n) is 3.51. The van der Waals surface area contributed by atoms with Crippen LogP contribution in [0.1, 0.15) is 23.7 Å². The smallest absolute Gasteiger partial charge is 0.255 e. The van der Waals surface area contributed by atoms with Gasteiger partial charge in [-0.15, -0.1) is 0 Å². The molecule has 1 aromatic heterocycles. The molecule has 98 valence electrons. The van der Waals surface area contributed by atoms with Gasteiger partial charge in [0.2, 0.25) is 0 Å². The topological polar surface area (TPSA) is 36.4 Å². The van der Waals surface area contributed by atoms with E-state index >= 15 is 0 Å². The Morgan fingerprint density at radius 1 is 1.50 bits per heavy atom. The maximum absolute atomic E-state index is 12.3. The Balaban J connectivity index is 2.07. The van der Waals surface area contributed by atoms with Gasteiger partial charge in [-0.3, -0.25) is 9.69 Å². The summed E-state index contributed by atoms with van der Waals surface area (Å²) in [4.78, 5) is 20.7. The van der Waals surface area contributed by atoms with Crippen molar-refractivity contribution in [3.63, 3.8) is 0 Å². The van der Waals surface area contributed by atoms with E-state index in [1.807, 2.05) is 11.0 Å². The fourth-order valence-corrected chi connectivity index (χ4v) is 2.49. The van der Waals surface area contributed by atoms with E-state index in [1.165, 1.54) is 0 Å². The van der Waals surface area contributed by atoms with Crippen LogP contribution in [0.3, 0.4) is 0 Å². The van der Waals surface area contributed by atoms with E-state index in [-0.39, 0.29) is 5.91 Å². The van der Waals surface area contributed by atoms with E-state index in [2.05, 4.69) is 39.8 Å². The highest BCUT2D eigenvalue weighted by Crippen LogP contribution is 2.14. The number of pyridine rings is 1. The fourth-order valence-electron chi connectivity index (χ4n) is 2.26. The van der Waals surface area contributed by atoms with E-state index in [9.17, 15) is 4.79 Å². The highest BCUT2D eigenvalue weighted by Gasteiger charge is 2.26. The Bertz CT molecular complexity index is 421. The van der Waals surface area contributed by atoms with E-state index in [1.54, 1.807) is 12.3 Å². The molecule has 2 rings (SSSR count). The van der Waals surface area contributed by atoms with Crippen LogP contribution in [-0.2, 0) is 0 Å². The standard InChI is InChI=1S/C13H18BrN3O/c1-3-11-9-17(7-6-16(11)2)13(18)10-4-5-12(14)15-8-10/h4-5,8,11H,3,6-7,9H2,1-2H3. The Morgan fingerprint density at radius 3 is 2.89 bits per heavy atom. The zero-order valence-corrected chi connectivity index (χ0v) is 12.4. The van der Waals surface area contributed by atoms with Gasteiger partial charge in [0.25, 0.3) is 5.91 Å². The largest absolute Gasteiger partial charge is 0.336 e. The van der Waals surface area contributed by atoms with Crippen LogP contribution in [-0.4, -0.2) is 53.4 Å². The van der Waals surface area contributed by atoms with Gasteiger partial charge in [-0.2, -0.15) is 0 Å². The number of likely N-dealkylation sites (N-methyl/N-ethyl adjacent to an activating group) is 1. The van der Waals surface area contributed by atoms with Crippen LogP contribution in [0.2, 0.25) is 0 Å². The summed E-state index contributed by atoms with van der Waals surface area (Å²) < 4.78 is 0.754. The van der Waals surface area contributed by atoms with E-state index in [0.717, 1.165) is 30.7 Å². The van der Waals surface area contributed by atoms with Gasteiger partial charge in [-0.1, -0.05) is 6.92 Å². The Kier molecular flexibility index (Phi) is 4.35. The summed E-state index contributed by atoms with van der Waals surface area (Å²) >= 11 is 3.28. The monoisotopic (exact) mass is 311 g/mol. The Labute approximate surface area is 116 Å². The first kappa shape index (κ1) is 13.5. The highest BCUT2D eigenvalue weighted by atomic mass is 79.9. The van der Waals surface area contributed by atoms with Gasteiger partial charge in [0.1, 0.15) is 4.60 Å². The number of hydrogen-bond acceptors (Lipinski definition) is 3. The van der Waals surface area contributed by atoms with Gasteiger partial charge in [0, 0.05) is 31.9 Å². The first-order chi connectivity index (χ1) is 8.61. The van der Waals surface area contributed by atoms with E-state index < -0.39 is 0 Å². The molecule has 0 N–H and O–H groups in total. The first-order valence-corrected chi connectivity index (χ1v) is 7.02. The summed E-state index contributed by atoms with van der Waals surface area (Å²) in [5.41, 5.74) is 0.664. The van der Waals surface area contributed by atoms with Crippen molar-refractivity contribution in [3.8, 4) is 0 Å². The fraction of sp³-hybridized carbons (Fsp3) is 0.538. The van der Waals surface area contributed by atoms with Crippen molar-refractivity contribution >= 4 is 21.8 Å². The van der Waals surface area contributed by atoms with Crippen LogP contribution in [0.4, 0.5) is 0 Å². The molecule has 18 heavy (non-hydrogen) atoms. The summed E-state index contributed by atoms with van der Waals surface area (Å²) in [5, 5.41) is 0. The van der Waals surface area contributed by atoms with E-state index in [0.29, 0.717) is 11.6 Å². The second-order valence-electron chi connectivity index (χ2n) is 4.66. The molecule has 0 aliphatic carbocycles. The summed E-state index contributed by atoms with van der Waals surface area (Å²) in [7, 11) is 2.12. The maximum atomic E-state index is 12.3. The molecule has 2 heterocycles. The third-order valence-corrected chi connectivity index (χ3v) is 3.98. The second kappa shape index (κ2) is 5.80. The number of nitrogens with zero attached hydrogens (tertiary/aromatic N) is 3.